The predicted molar refractivity (Wildman–Crippen MR) is 50.3 cm³/mol. The zero-order valence-electron chi connectivity index (χ0n) is 7.71. The van der Waals surface area contributed by atoms with Crippen LogP contribution in [-0.2, 0) is 5.92 Å². The fourth-order valence-corrected chi connectivity index (χ4v) is 1.46. The highest BCUT2D eigenvalue weighted by molar-refractivity contribution is 5.81. The molecule has 1 aromatic heterocycles. The van der Waals surface area contributed by atoms with Crippen LogP contribution >= 0.6 is 0 Å². The Bertz CT molecular complexity index is 525. The Kier molecular flexibility index (Phi) is 2.16. The Morgan fingerprint density at radius 2 is 2.07 bits per heavy atom. The maximum atomic E-state index is 13.4. The van der Waals surface area contributed by atoms with Gasteiger partial charge in [0.1, 0.15) is 18.3 Å². The molecule has 0 aliphatic heterocycles. The summed E-state index contributed by atoms with van der Waals surface area (Å²) in [5.74, 6) is -3.15. The first-order valence-corrected chi connectivity index (χ1v) is 4.36. The topological polar surface area (TPSA) is 36.9 Å². The standard InChI is InChI=1S/C11H7F2NO/c12-11(13,5-6-14)9-7-15-10-4-2-1-3-8(9)10/h1-4,7H,5H2. The minimum atomic E-state index is -3.15. The number of fused-ring (bicyclic) bond motifs is 1. The van der Waals surface area contributed by atoms with Gasteiger partial charge >= 0.3 is 0 Å². The second-order valence-electron chi connectivity index (χ2n) is 3.18. The van der Waals surface area contributed by atoms with Gasteiger partial charge in [-0.2, -0.15) is 5.26 Å². The average Bonchev–Trinajstić information content (AvgIpc) is 2.61. The summed E-state index contributed by atoms with van der Waals surface area (Å²) >= 11 is 0. The molecule has 2 aromatic rings. The smallest absolute Gasteiger partial charge is 0.289 e. The first-order valence-electron chi connectivity index (χ1n) is 4.36. The zero-order chi connectivity index (χ0) is 10.9. The first kappa shape index (κ1) is 9.66. The molecule has 4 heteroatoms. The van der Waals surface area contributed by atoms with E-state index >= 15 is 0 Å². The van der Waals surface area contributed by atoms with Crippen molar-refractivity contribution in [3.8, 4) is 6.07 Å². The molecule has 0 bridgehead atoms. The van der Waals surface area contributed by atoms with Crippen molar-refractivity contribution in [3.63, 3.8) is 0 Å². The number of hydrogen-bond acceptors (Lipinski definition) is 2. The lowest BCUT2D eigenvalue weighted by Gasteiger charge is -2.09. The first-order chi connectivity index (χ1) is 7.15. The van der Waals surface area contributed by atoms with Crippen molar-refractivity contribution in [1.29, 1.82) is 5.26 Å². The second kappa shape index (κ2) is 3.35. The molecule has 0 fully saturated rings. The van der Waals surface area contributed by atoms with Gasteiger partial charge in [-0.05, 0) is 6.07 Å². The second-order valence-corrected chi connectivity index (χ2v) is 3.18. The van der Waals surface area contributed by atoms with Crippen LogP contribution in [0, 0.1) is 11.3 Å². The van der Waals surface area contributed by atoms with Gasteiger partial charge in [0.2, 0.25) is 0 Å². The quantitative estimate of drug-likeness (QED) is 0.756. The molecule has 76 valence electrons. The summed E-state index contributed by atoms with van der Waals surface area (Å²) in [5.41, 5.74) is 0.185. The zero-order valence-corrected chi connectivity index (χ0v) is 7.71. The monoisotopic (exact) mass is 207 g/mol. The van der Waals surface area contributed by atoms with Crippen LogP contribution in [0.1, 0.15) is 12.0 Å². The van der Waals surface area contributed by atoms with Gasteiger partial charge < -0.3 is 4.42 Å². The number of nitriles is 1. The van der Waals surface area contributed by atoms with Gasteiger partial charge in [-0.25, -0.2) is 8.78 Å². The van der Waals surface area contributed by atoms with E-state index in [0.717, 1.165) is 6.26 Å². The Morgan fingerprint density at radius 3 is 2.80 bits per heavy atom. The van der Waals surface area contributed by atoms with Gasteiger partial charge in [0.25, 0.3) is 5.92 Å². The van der Waals surface area contributed by atoms with Gasteiger partial charge in [0, 0.05) is 5.39 Å². The lowest BCUT2D eigenvalue weighted by molar-refractivity contribution is 0.00176. The lowest BCUT2D eigenvalue weighted by atomic mass is 10.1. The van der Waals surface area contributed by atoms with Crippen LogP contribution in [0.15, 0.2) is 34.9 Å². The molecule has 0 saturated heterocycles. The number of benzene rings is 1. The Morgan fingerprint density at radius 1 is 1.33 bits per heavy atom. The normalized spacial score (nSPS) is 11.5. The van der Waals surface area contributed by atoms with E-state index in [9.17, 15) is 8.78 Å². The molecular weight excluding hydrogens is 200 g/mol. The van der Waals surface area contributed by atoms with E-state index in [-0.39, 0.29) is 5.56 Å². The molecule has 1 aromatic carbocycles. The maximum absolute atomic E-state index is 13.4. The van der Waals surface area contributed by atoms with E-state index in [1.807, 2.05) is 0 Å². The highest BCUT2D eigenvalue weighted by atomic mass is 19.3. The number of hydrogen-bond donors (Lipinski definition) is 0. The highest BCUT2D eigenvalue weighted by Gasteiger charge is 2.34. The summed E-state index contributed by atoms with van der Waals surface area (Å²) in [5, 5.41) is 8.67. The summed E-state index contributed by atoms with van der Waals surface area (Å²) in [6.07, 6.45) is 0.179. The van der Waals surface area contributed by atoms with Gasteiger partial charge in [0.05, 0.1) is 11.6 Å². The van der Waals surface area contributed by atoms with Crippen LogP contribution in [-0.4, -0.2) is 0 Å². The molecule has 2 nitrogen and oxygen atoms in total. The number of furan rings is 1. The molecule has 0 spiro atoms. The van der Waals surface area contributed by atoms with E-state index in [0.29, 0.717) is 11.0 Å². The van der Waals surface area contributed by atoms with Crippen LogP contribution in [0.25, 0.3) is 11.0 Å². The Labute approximate surface area is 84.7 Å². The molecule has 0 saturated carbocycles. The number of halogens is 2. The molecule has 0 aliphatic rings. The predicted octanol–water partition coefficient (Wildman–Crippen LogP) is 3.44. The molecule has 0 aliphatic carbocycles. The van der Waals surface area contributed by atoms with Gasteiger partial charge in [-0.1, -0.05) is 18.2 Å². The summed E-state index contributed by atoms with van der Waals surface area (Å²) in [6.45, 7) is 0. The molecular formula is C11H7F2NO. The van der Waals surface area contributed by atoms with E-state index in [1.165, 1.54) is 6.07 Å². The minimum Gasteiger partial charge on any atom is -0.464 e. The maximum Gasteiger partial charge on any atom is 0.289 e. The van der Waals surface area contributed by atoms with E-state index in [1.54, 1.807) is 24.3 Å². The third-order valence-corrected chi connectivity index (χ3v) is 2.18. The summed E-state index contributed by atoms with van der Waals surface area (Å²) < 4.78 is 31.9. The molecule has 0 unspecified atom stereocenters. The summed E-state index contributed by atoms with van der Waals surface area (Å²) in [4.78, 5) is 0. The number of rotatable bonds is 2. The molecule has 0 amide bonds. The van der Waals surface area contributed by atoms with Crippen molar-refractivity contribution in [3.05, 3.63) is 36.1 Å². The SMILES string of the molecule is N#CCC(F)(F)c1coc2ccccc12. The van der Waals surface area contributed by atoms with E-state index in [2.05, 4.69) is 0 Å². The molecule has 0 atom stereocenters. The summed E-state index contributed by atoms with van der Waals surface area (Å²) in [7, 11) is 0. The van der Waals surface area contributed by atoms with Gasteiger partial charge in [-0.3, -0.25) is 0 Å². The Balaban J connectivity index is 2.58. The van der Waals surface area contributed by atoms with Crippen LogP contribution in [0.2, 0.25) is 0 Å². The van der Waals surface area contributed by atoms with Crippen LogP contribution in [0.4, 0.5) is 8.78 Å². The number of para-hydroxylation sites is 1. The third-order valence-electron chi connectivity index (χ3n) is 2.18. The van der Waals surface area contributed by atoms with Gasteiger partial charge in [-0.15, -0.1) is 0 Å². The molecule has 0 radical (unpaired) electrons. The van der Waals surface area contributed by atoms with Crippen molar-refractivity contribution >= 4 is 11.0 Å². The van der Waals surface area contributed by atoms with Crippen molar-refractivity contribution in [2.75, 3.05) is 0 Å². The van der Waals surface area contributed by atoms with E-state index < -0.39 is 12.3 Å². The van der Waals surface area contributed by atoms with Crippen molar-refractivity contribution in [1.82, 2.24) is 0 Å². The van der Waals surface area contributed by atoms with Crippen LogP contribution in [0.5, 0.6) is 0 Å². The average molecular weight is 207 g/mol. The number of alkyl halides is 2. The van der Waals surface area contributed by atoms with Crippen LogP contribution in [0.3, 0.4) is 0 Å². The van der Waals surface area contributed by atoms with Crippen molar-refractivity contribution in [2.24, 2.45) is 0 Å². The molecule has 1 heterocycles. The molecule has 2 rings (SSSR count). The molecule has 15 heavy (non-hydrogen) atoms. The van der Waals surface area contributed by atoms with Gasteiger partial charge in [0.15, 0.2) is 0 Å². The van der Waals surface area contributed by atoms with Crippen LogP contribution < -0.4 is 0 Å². The van der Waals surface area contributed by atoms with E-state index in [4.69, 9.17) is 9.68 Å². The summed E-state index contributed by atoms with van der Waals surface area (Å²) in [6, 6.07) is 8.00. The fourth-order valence-electron chi connectivity index (χ4n) is 1.46. The largest absolute Gasteiger partial charge is 0.464 e. The molecule has 0 N–H and O–H groups in total. The third kappa shape index (κ3) is 1.57. The number of nitrogens with zero attached hydrogens (tertiary/aromatic N) is 1. The lowest BCUT2D eigenvalue weighted by Crippen LogP contribution is -2.11. The fraction of sp³-hybridized carbons (Fsp3) is 0.182. The Hall–Kier alpha value is -1.89. The van der Waals surface area contributed by atoms with Crippen molar-refractivity contribution < 1.29 is 13.2 Å². The highest BCUT2D eigenvalue weighted by Crippen LogP contribution is 2.37. The minimum absolute atomic E-state index is 0.223. The van der Waals surface area contributed by atoms with Crippen molar-refractivity contribution in [2.45, 2.75) is 12.3 Å².